The summed E-state index contributed by atoms with van der Waals surface area (Å²) in [6.07, 6.45) is 2.81. The van der Waals surface area contributed by atoms with Crippen LogP contribution in [-0.2, 0) is 10.0 Å². The maximum atomic E-state index is 11.9. The molecule has 0 spiro atoms. The third kappa shape index (κ3) is 4.14. The number of aryl methyl sites for hydroxylation is 1. The molecule has 7 heteroatoms. The van der Waals surface area contributed by atoms with Gasteiger partial charge in [-0.1, -0.05) is 17.7 Å². The molecule has 0 aliphatic heterocycles. The number of pyridine rings is 1. The number of carbonyl (C=O) groups excluding carboxylic acids is 1. The van der Waals surface area contributed by atoms with E-state index in [1.54, 1.807) is 12.1 Å². The van der Waals surface area contributed by atoms with Gasteiger partial charge in [-0.05, 0) is 31.2 Å². The molecule has 0 saturated carbocycles. The van der Waals surface area contributed by atoms with Gasteiger partial charge in [-0.15, -0.1) is 0 Å². The van der Waals surface area contributed by atoms with E-state index < -0.39 is 15.9 Å². The van der Waals surface area contributed by atoms with Crippen molar-refractivity contribution in [2.45, 2.75) is 11.8 Å². The van der Waals surface area contributed by atoms with Crippen LogP contribution in [0.25, 0.3) is 4.72 Å². The Kier molecular flexibility index (Phi) is 5.88. The Morgan fingerprint density at radius 3 is 2.15 bits per heavy atom. The third-order valence-electron chi connectivity index (χ3n) is 2.45. The fraction of sp³-hybridized carbons (Fsp3) is 0.0769. The number of aromatic nitrogens is 1. The minimum atomic E-state index is -3.97. The van der Waals surface area contributed by atoms with Crippen LogP contribution < -0.4 is 29.6 Å². The molecule has 1 heterocycles. The van der Waals surface area contributed by atoms with Crippen LogP contribution in [0, 0.1) is 6.92 Å². The normalized spacial score (nSPS) is 10.4. The van der Waals surface area contributed by atoms with Crippen LogP contribution in [0.1, 0.15) is 15.9 Å². The van der Waals surface area contributed by atoms with E-state index >= 15 is 0 Å². The topological polar surface area (TPSA) is 78.2 Å². The van der Waals surface area contributed by atoms with Crippen molar-refractivity contribution in [1.82, 2.24) is 4.98 Å². The number of benzene rings is 1. The molecular formula is C13H11N2NaO3S. The Morgan fingerprint density at radius 1 is 1.05 bits per heavy atom. The average molecular weight is 298 g/mol. The molecule has 0 saturated heterocycles. The molecule has 2 aromatic rings. The Labute approximate surface area is 139 Å². The summed E-state index contributed by atoms with van der Waals surface area (Å²) in [6.45, 7) is 1.84. The van der Waals surface area contributed by atoms with Gasteiger partial charge in [0.15, 0.2) is 0 Å². The van der Waals surface area contributed by atoms with Crippen molar-refractivity contribution in [1.29, 1.82) is 0 Å². The Bertz CT molecular complexity index is 685. The van der Waals surface area contributed by atoms with Crippen LogP contribution in [0.3, 0.4) is 0 Å². The Hall–Kier alpha value is -1.21. The molecule has 2 rings (SSSR count). The molecule has 0 bridgehead atoms. The molecule has 1 amide bonds. The van der Waals surface area contributed by atoms with E-state index in [0.717, 1.165) is 5.56 Å². The first-order valence-corrected chi connectivity index (χ1v) is 6.92. The molecule has 0 N–H and O–H groups in total. The molecule has 0 atom stereocenters. The number of sulfonamides is 1. The summed E-state index contributed by atoms with van der Waals surface area (Å²) >= 11 is 0. The molecular weight excluding hydrogens is 287 g/mol. The second-order valence-electron chi connectivity index (χ2n) is 3.92. The van der Waals surface area contributed by atoms with Crippen LogP contribution in [0.2, 0.25) is 0 Å². The Morgan fingerprint density at radius 2 is 1.60 bits per heavy atom. The zero-order valence-corrected chi connectivity index (χ0v) is 14.0. The molecule has 0 fully saturated rings. The van der Waals surface area contributed by atoms with E-state index in [0.29, 0.717) is 0 Å². The van der Waals surface area contributed by atoms with E-state index in [-0.39, 0.29) is 40.0 Å². The van der Waals surface area contributed by atoms with Gasteiger partial charge in [0.1, 0.15) is 10.0 Å². The van der Waals surface area contributed by atoms with Crippen molar-refractivity contribution in [2.24, 2.45) is 0 Å². The number of hydrogen-bond acceptors (Lipinski definition) is 4. The number of rotatable bonds is 3. The average Bonchev–Trinajstić information content (AvgIpc) is 2.40. The van der Waals surface area contributed by atoms with Gasteiger partial charge in [0.25, 0.3) is 0 Å². The molecule has 0 radical (unpaired) electrons. The van der Waals surface area contributed by atoms with Crippen molar-refractivity contribution in [3.63, 3.8) is 0 Å². The number of carbonyl (C=O) groups is 1. The first kappa shape index (κ1) is 16.8. The maximum Gasteiger partial charge on any atom is 1.00 e. The molecule has 0 aliphatic rings. The first-order valence-electron chi connectivity index (χ1n) is 5.48. The van der Waals surface area contributed by atoms with Crippen LogP contribution in [0.4, 0.5) is 0 Å². The van der Waals surface area contributed by atoms with Gasteiger partial charge in [-0.25, -0.2) is 8.42 Å². The number of amides is 1. The summed E-state index contributed by atoms with van der Waals surface area (Å²) in [5.74, 6) is -0.803. The quantitative estimate of drug-likeness (QED) is 0.702. The summed E-state index contributed by atoms with van der Waals surface area (Å²) in [7, 11) is -3.97. The van der Waals surface area contributed by atoms with Gasteiger partial charge in [-0.2, -0.15) is 0 Å². The van der Waals surface area contributed by atoms with Crippen LogP contribution in [0.15, 0.2) is 53.7 Å². The van der Waals surface area contributed by atoms with E-state index in [9.17, 15) is 13.2 Å². The second kappa shape index (κ2) is 6.99. The van der Waals surface area contributed by atoms with E-state index in [1.165, 1.54) is 36.7 Å². The minimum absolute atomic E-state index is 0. The summed E-state index contributed by atoms with van der Waals surface area (Å²) < 4.78 is 27.1. The molecule has 5 nitrogen and oxygen atoms in total. The van der Waals surface area contributed by atoms with Crippen molar-refractivity contribution in [3.05, 3.63) is 64.6 Å². The van der Waals surface area contributed by atoms with E-state index in [4.69, 9.17) is 0 Å². The zero-order valence-electron chi connectivity index (χ0n) is 11.1. The van der Waals surface area contributed by atoms with Crippen molar-refractivity contribution < 1.29 is 42.8 Å². The smallest absolute Gasteiger partial charge is 0.538 e. The van der Waals surface area contributed by atoms with Crippen molar-refractivity contribution >= 4 is 15.9 Å². The largest absolute Gasteiger partial charge is 1.00 e. The molecule has 20 heavy (non-hydrogen) atoms. The summed E-state index contributed by atoms with van der Waals surface area (Å²) in [5, 5.41) is 0. The SMILES string of the molecule is Cc1ccc(S(=O)(=O)[N-]C(=O)c2ccncc2)cc1.[Na+]. The van der Waals surface area contributed by atoms with Crippen LogP contribution >= 0.6 is 0 Å². The minimum Gasteiger partial charge on any atom is -0.538 e. The molecule has 0 unspecified atom stereocenters. The Balaban J connectivity index is 0.00000200. The van der Waals surface area contributed by atoms with Gasteiger partial charge >= 0.3 is 29.6 Å². The van der Waals surface area contributed by atoms with Gasteiger partial charge in [-0.3, -0.25) is 4.98 Å². The van der Waals surface area contributed by atoms with Crippen LogP contribution in [-0.4, -0.2) is 19.3 Å². The predicted octanol–water partition coefficient (Wildman–Crippen LogP) is -0.703. The zero-order chi connectivity index (χ0) is 13.9. The monoisotopic (exact) mass is 298 g/mol. The third-order valence-corrected chi connectivity index (χ3v) is 3.72. The van der Waals surface area contributed by atoms with Gasteiger partial charge in [0, 0.05) is 18.0 Å². The number of nitrogens with zero attached hydrogens (tertiary/aromatic N) is 2. The second-order valence-corrected chi connectivity index (χ2v) is 5.52. The molecule has 1 aromatic carbocycles. The first-order chi connectivity index (χ1) is 8.99. The molecule has 0 aliphatic carbocycles. The predicted molar refractivity (Wildman–Crippen MR) is 70.3 cm³/mol. The van der Waals surface area contributed by atoms with Crippen molar-refractivity contribution in [2.75, 3.05) is 0 Å². The van der Waals surface area contributed by atoms with Gasteiger partial charge in [0.2, 0.25) is 0 Å². The molecule has 98 valence electrons. The van der Waals surface area contributed by atoms with Crippen molar-refractivity contribution in [3.8, 4) is 0 Å². The summed E-state index contributed by atoms with van der Waals surface area (Å²) in [5.41, 5.74) is 1.12. The van der Waals surface area contributed by atoms with Gasteiger partial charge < -0.3 is 9.52 Å². The summed E-state index contributed by atoms with van der Waals surface area (Å²) in [6, 6.07) is 8.98. The van der Waals surface area contributed by atoms with Crippen LogP contribution in [0.5, 0.6) is 0 Å². The molecule has 1 aromatic heterocycles. The van der Waals surface area contributed by atoms with Gasteiger partial charge in [0.05, 0.1) is 10.8 Å². The van der Waals surface area contributed by atoms with E-state index in [1.807, 2.05) is 6.92 Å². The standard InChI is InChI=1S/C13H12N2O3S.Na/c1-10-2-4-12(5-3-10)19(17,18)15-13(16)11-6-8-14-9-7-11;/h2-9H,1H3,(H,15,16);/q;+1/p-1. The van der Waals surface area contributed by atoms with E-state index in [2.05, 4.69) is 9.71 Å². The summed E-state index contributed by atoms with van der Waals surface area (Å²) in [4.78, 5) is 15.5. The fourth-order valence-corrected chi connectivity index (χ4v) is 2.33. The fourth-order valence-electron chi connectivity index (χ4n) is 1.42. The maximum absolute atomic E-state index is 11.9. The number of hydrogen-bond donors (Lipinski definition) is 0.